The molecule has 0 aromatic rings. The van der Waals surface area contributed by atoms with Gasteiger partial charge in [-0.1, -0.05) is 47.0 Å². The summed E-state index contributed by atoms with van der Waals surface area (Å²) in [5.74, 6) is 0. The quantitative estimate of drug-likeness (QED) is 0.618. The summed E-state index contributed by atoms with van der Waals surface area (Å²) in [5.41, 5.74) is 0.879. The molecule has 1 nitrogen and oxygen atoms in total. The van der Waals surface area contributed by atoms with Gasteiger partial charge in [0.15, 0.2) is 0 Å². The third-order valence-corrected chi connectivity index (χ3v) is 9.12. The van der Waals surface area contributed by atoms with Crippen LogP contribution in [0.1, 0.15) is 47.0 Å². The van der Waals surface area contributed by atoms with Gasteiger partial charge in [-0.2, -0.15) is 0 Å². The van der Waals surface area contributed by atoms with E-state index in [4.69, 9.17) is 0 Å². The second-order valence-electron chi connectivity index (χ2n) is 4.41. The van der Waals surface area contributed by atoms with Crippen LogP contribution >= 0.6 is 0 Å². The van der Waals surface area contributed by atoms with E-state index in [1.165, 1.54) is 31.4 Å². The smallest absolute Gasteiger partial charge is 0.128 e. The predicted octanol–water partition coefficient (Wildman–Crippen LogP) is 3.77. The molecular weight excluding hydrogens is 174 g/mol. The Hall–Kier alpha value is 0.177. The van der Waals surface area contributed by atoms with E-state index in [2.05, 4.69) is 39.7 Å². The van der Waals surface area contributed by atoms with Crippen molar-refractivity contribution in [1.29, 1.82) is 0 Å². The van der Waals surface area contributed by atoms with Gasteiger partial charge in [0, 0.05) is 0 Å². The first-order valence-electron chi connectivity index (χ1n) is 5.81. The maximum atomic E-state index is 3.69. The summed E-state index contributed by atoms with van der Waals surface area (Å²) in [6.45, 7) is 9.40. The van der Waals surface area contributed by atoms with Crippen molar-refractivity contribution in [2.45, 2.75) is 64.6 Å². The van der Waals surface area contributed by atoms with Crippen LogP contribution < -0.4 is 4.98 Å². The lowest BCUT2D eigenvalue weighted by Crippen LogP contribution is -2.50. The number of hydrogen-bond donors (Lipinski definition) is 1. The third-order valence-electron chi connectivity index (χ3n) is 3.28. The van der Waals surface area contributed by atoms with Crippen molar-refractivity contribution in [2.75, 3.05) is 7.05 Å². The first kappa shape index (κ1) is 13.2. The summed E-state index contributed by atoms with van der Waals surface area (Å²) in [6, 6.07) is 2.91. The number of rotatable bonds is 7. The van der Waals surface area contributed by atoms with Crippen LogP contribution in [0.2, 0.25) is 17.6 Å². The van der Waals surface area contributed by atoms with Gasteiger partial charge in [0.2, 0.25) is 0 Å². The second-order valence-corrected chi connectivity index (χ2v) is 9.38. The molecule has 0 saturated heterocycles. The minimum Gasteiger partial charge on any atom is -0.340 e. The van der Waals surface area contributed by atoms with Gasteiger partial charge < -0.3 is 4.98 Å². The van der Waals surface area contributed by atoms with Crippen molar-refractivity contribution in [3.8, 4) is 0 Å². The molecule has 80 valence electrons. The Morgan fingerprint density at radius 2 is 1.69 bits per heavy atom. The number of hydrogen-bond acceptors (Lipinski definition) is 1. The van der Waals surface area contributed by atoms with E-state index in [1.807, 2.05) is 0 Å². The lowest BCUT2D eigenvalue weighted by atomic mass is 10.4. The Labute approximate surface area is 85.4 Å². The Balaban J connectivity index is 4.26. The molecule has 1 N–H and O–H groups in total. The molecule has 0 amide bonds. The van der Waals surface area contributed by atoms with E-state index in [0.717, 1.165) is 5.54 Å². The van der Waals surface area contributed by atoms with Crippen molar-refractivity contribution in [3.05, 3.63) is 0 Å². The van der Waals surface area contributed by atoms with Gasteiger partial charge in [-0.3, -0.25) is 0 Å². The minimum atomic E-state index is -1.12. The fraction of sp³-hybridized carbons (Fsp3) is 1.00. The molecule has 0 rings (SSSR count). The van der Waals surface area contributed by atoms with Crippen molar-refractivity contribution in [3.63, 3.8) is 0 Å². The number of unbranched alkanes of at least 4 members (excludes halogenated alkanes) is 1. The SMILES string of the molecule is CCCC[Si](CCC)(NC)C(C)C. The van der Waals surface area contributed by atoms with Crippen LogP contribution in [0.5, 0.6) is 0 Å². The molecule has 1 atom stereocenters. The average molecular weight is 201 g/mol. The van der Waals surface area contributed by atoms with Crippen LogP contribution in [0.25, 0.3) is 0 Å². The van der Waals surface area contributed by atoms with E-state index in [-0.39, 0.29) is 0 Å². The zero-order chi connectivity index (χ0) is 10.3. The van der Waals surface area contributed by atoms with E-state index in [9.17, 15) is 0 Å². The zero-order valence-electron chi connectivity index (χ0n) is 10.1. The maximum Gasteiger partial charge on any atom is 0.128 e. The highest BCUT2D eigenvalue weighted by molar-refractivity contribution is 6.78. The molecule has 0 heterocycles. The Kier molecular flexibility index (Phi) is 6.69. The van der Waals surface area contributed by atoms with E-state index in [1.54, 1.807) is 0 Å². The fourth-order valence-electron chi connectivity index (χ4n) is 2.18. The Bertz CT molecular complexity index is 125. The van der Waals surface area contributed by atoms with Crippen molar-refractivity contribution >= 4 is 8.24 Å². The van der Waals surface area contributed by atoms with Crippen LogP contribution in [0.3, 0.4) is 0 Å². The molecule has 0 fully saturated rings. The largest absolute Gasteiger partial charge is 0.340 e. The van der Waals surface area contributed by atoms with Gasteiger partial charge in [0.1, 0.15) is 8.24 Å². The second kappa shape index (κ2) is 6.60. The lowest BCUT2D eigenvalue weighted by Gasteiger charge is -2.35. The van der Waals surface area contributed by atoms with Crippen molar-refractivity contribution in [2.24, 2.45) is 0 Å². The van der Waals surface area contributed by atoms with Crippen LogP contribution in [-0.4, -0.2) is 15.3 Å². The molecule has 0 spiro atoms. The van der Waals surface area contributed by atoms with Crippen LogP contribution in [0.15, 0.2) is 0 Å². The highest BCUT2D eigenvalue weighted by Gasteiger charge is 2.33. The Morgan fingerprint density at radius 1 is 1.08 bits per heavy atom. The minimum absolute atomic E-state index is 0.879. The zero-order valence-corrected chi connectivity index (χ0v) is 11.1. The lowest BCUT2D eigenvalue weighted by molar-refractivity contribution is 0.793. The molecule has 0 saturated carbocycles. The summed E-state index contributed by atoms with van der Waals surface area (Å²) in [4.78, 5) is 3.69. The maximum absolute atomic E-state index is 3.69. The van der Waals surface area contributed by atoms with Gasteiger partial charge >= 0.3 is 0 Å². The number of nitrogens with one attached hydrogen (secondary N) is 1. The summed E-state index contributed by atoms with van der Waals surface area (Å²) in [7, 11) is 1.06. The highest BCUT2D eigenvalue weighted by atomic mass is 28.3. The van der Waals surface area contributed by atoms with Gasteiger partial charge in [0.25, 0.3) is 0 Å². The average Bonchev–Trinajstić information content (AvgIpc) is 2.12. The van der Waals surface area contributed by atoms with Gasteiger partial charge in [-0.15, -0.1) is 0 Å². The van der Waals surface area contributed by atoms with Gasteiger partial charge in [0.05, 0.1) is 0 Å². The van der Waals surface area contributed by atoms with Crippen LogP contribution in [0.4, 0.5) is 0 Å². The monoisotopic (exact) mass is 201 g/mol. The topological polar surface area (TPSA) is 12.0 Å². The summed E-state index contributed by atoms with van der Waals surface area (Å²) in [5, 5.41) is 0. The standard InChI is InChI=1S/C11H27NSi/c1-6-8-10-13(12-5,9-7-2)11(3)4/h11-12H,6-10H2,1-5H3. The molecular formula is C11H27NSi. The third kappa shape index (κ3) is 3.82. The van der Waals surface area contributed by atoms with Crippen molar-refractivity contribution < 1.29 is 0 Å². The molecule has 13 heavy (non-hydrogen) atoms. The summed E-state index contributed by atoms with van der Waals surface area (Å²) >= 11 is 0. The molecule has 0 aliphatic heterocycles. The van der Waals surface area contributed by atoms with Gasteiger partial charge in [-0.05, 0) is 24.7 Å². The van der Waals surface area contributed by atoms with Crippen LogP contribution in [0, 0.1) is 0 Å². The molecule has 0 aromatic heterocycles. The predicted molar refractivity (Wildman–Crippen MR) is 64.7 cm³/mol. The molecule has 0 aliphatic carbocycles. The fourth-order valence-corrected chi connectivity index (χ4v) is 6.54. The van der Waals surface area contributed by atoms with E-state index >= 15 is 0 Å². The Morgan fingerprint density at radius 3 is 2.00 bits per heavy atom. The normalized spacial score (nSPS) is 16.2. The first-order valence-corrected chi connectivity index (χ1v) is 8.31. The molecule has 0 radical (unpaired) electrons. The van der Waals surface area contributed by atoms with Crippen molar-refractivity contribution in [1.82, 2.24) is 4.98 Å². The molecule has 0 bridgehead atoms. The molecule has 0 aromatic carbocycles. The molecule has 2 heteroatoms. The van der Waals surface area contributed by atoms with Gasteiger partial charge in [-0.25, -0.2) is 0 Å². The first-order chi connectivity index (χ1) is 6.13. The van der Waals surface area contributed by atoms with Crippen LogP contribution in [-0.2, 0) is 0 Å². The van der Waals surface area contributed by atoms with E-state index < -0.39 is 8.24 Å². The summed E-state index contributed by atoms with van der Waals surface area (Å²) < 4.78 is 0. The van der Waals surface area contributed by atoms with E-state index in [0.29, 0.717) is 0 Å². The molecule has 1 unspecified atom stereocenters. The summed E-state index contributed by atoms with van der Waals surface area (Å²) in [6.07, 6.45) is 4.09. The highest BCUT2D eigenvalue weighted by Crippen LogP contribution is 2.29. The molecule has 0 aliphatic rings.